The molecule has 2 N–H and O–H groups in total. The van der Waals surface area contributed by atoms with Gasteiger partial charge in [-0.1, -0.05) is 0 Å². The van der Waals surface area contributed by atoms with E-state index in [9.17, 15) is 0 Å². The topological polar surface area (TPSA) is 41.5 Å². The van der Waals surface area contributed by atoms with E-state index in [2.05, 4.69) is 5.48 Å². The first-order valence-corrected chi connectivity index (χ1v) is 2.79. The Morgan fingerprint density at radius 1 is 1.75 bits per heavy atom. The number of hydroxylamine groups is 1. The minimum Gasteiger partial charge on any atom is -0.395 e. The van der Waals surface area contributed by atoms with E-state index in [1.165, 1.54) is 0 Å². The summed E-state index contributed by atoms with van der Waals surface area (Å²) in [5.74, 6) is 0. The second-order valence-electron chi connectivity index (χ2n) is 1.63. The highest BCUT2D eigenvalue weighted by Gasteiger charge is 1.94. The molecule has 3 nitrogen and oxygen atoms in total. The largest absolute Gasteiger partial charge is 0.395 e. The van der Waals surface area contributed by atoms with Crippen LogP contribution in [0.15, 0.2) is 0 Å². The standard InChI is InChI=1S/C5H13NO2/c1-3-8-6-5(2)4-7/h5-7H,3-4H2,1-2H3. The molecule has 1 atom stereocenters. The molecule has 0 aliphatic heterocycles. The normalized spacial score (nSPS) is 13.9. The maximum atomic E-state index is 8.42. The Morgan fingerprint density at radius 3 is 2.75 bits per heavy atom. The van der Waals surface area contributed by atoms with E-state index in [0.717, 1.165) is 0 Å². The van der Waals surface area contributed by atoms with Crippen LogP contribution < -0.4 is 5.48 Å². The van der Waals surface area contributed by atoms with Crippen LogP contribution in [0.3, 0.4) is 0 Å². The third-order valence-corrected chi connectivity index (χ3v) is 0.703. The maximum absolute atomic E-state index is 8.42. The molecule has 0 aromatic heterocycles. The smallest absolute Gasteiger partial charge is 0.0654 e. The Morgan fingerprint density at radius 2 is 2.38 bits per heavy atom. The predicted octanol–water partition coefficient (Wildman–Crippen LogP) is -0.0917. The molecule has 0 aliphatic rings. The van der Waals surface area contributed by atoms with Crippen LogP contribution in [-0.2, 0) is 4.84 Å². The molecule has 0 bridgehead atoms. The number of nitrogens with one attached hydrogen (secondary N) is 1. The molecular formula is C5H13NO2. The lowest BCUT2D eigenvalue weighted by Gasteiger charge is -2.07. The van der Waals surface area contributed by atoms with Crippen molar-refractivity contribution in [3.8, 4) is 0 Å². The van der Waals surface area contributed by atoms with Crippen LogP contribution in [0.4, 0.5) is 0 Å². The fourth-order valence-electron chi connectivity index (χ4n) is 0.263. The molecule has 0 saturated carbocycles. The maximum Gasteiger partial charge on any atom is 0.0654 e. The summed E-state index contributed by atoms with van der Waals surface area (Å²) in [5.41, 5.74) is 2.63. The van der Waals surface area contributed by atoms with E-state index in [-0.39, 0.29) is 12.6 Å². The zero-order chi connectivity index (χ0) is 6.41. The summed E-state index contributed by atoms with van der Waals surface area (Å²) in [6.07, 6.45) is 0. The zero-order valence-electron chi connectivity index (χ0n) is 5.35. The Hall–Kier alpha value is -0.120. The van der Waals surface area contributed by atoms with Gasteiger partial charge in [-0.15, -0.1) is 0 Å². The summed E-state index contributed by atoms with van der Waals surface area (Å²) >= 11 is 0. The Labute approximate surface area is 49.6 Å². The van der Waals surface area contributed by atoms with Crippen LogP contribution >= 0.6 is 0 Å². The number of aliphatic hydroxyl groups is 1. The van der Waals surface area contributed by atoms with Gasteiger partial charge in [0.1, 0.15) is 0 Å². The van der Waals surface area contributed by atoms with Gasteiger partial charge in [-0.3, -0.25) is 0 Å². The number of hydrogen-bond donors (Lipinski definition) is 2. The number of rotatable bonds is 4. The number of hydrogen-bond acceptors (Lipinski definition) is 3. The second-order valence-corrected chi connectivity index (χ2v) is 1.63. The predicted molar refractivity (Wildman–Crippen MR) is 31.3 cm³/mol. The summed E-state index contributed by atoms with van der Waals surface area (Å²) in [5, 5.41) is 8.42. The molecule has 0 saturated heterocycles. The monoisotopic (exact) mass is 119 g/mol. The fraction of sp³-hybridized carbons (Fsp3) is 1.00. The van der Waals surface area contributed by atoms with Gasteiger partial charge in [-0.25, -0.2) is 0 Å². The van der Waals surface area contributed by atoms with Crippen molar-refractivity contribution >= 4 is 0 Å². The Kier molecular flexibility index (Phi) is 4.95. The minimum atomic E-state index is 0.0370. The Bertz CT molecular complexity index is 49.7. The van der Waals surface area contributed by atoms with Gasteiger partial charge in [0, 0.05) is 0 Å². The van der Waals surface area contributed by atoms with Gasteiger partial charge in [-0.2, -0.15) is 5.48 Å². The molecule has 1 unspecified atom stereocenters. The van der Waals surface area contributed by atoms with E-state index in [1.54, 1.807) is 0 Å². The Balaban J connectivity index is 2.86. The molecule has 0 spiro atoms. The van der Waals surface area contributed by atoms with Gasteiger partial charge < -0.3 is 9.94 Å². The highest BCUT2D eigenvalue weighted by molar-refractivity contribution is 4.47. The molecule has 0 radical (unpaired) electrons. The second kappa shape index (κ2) is 5.03. The molecular weight excluding hydrogens is 106 g/mol. The van der Waals surface area contributed by atoms with Crippen LogP contribution in [0.1, 0.15) is 13.8 Å². The van der Waals surface area contributed by atoms with E-state index >= 15 is 0 Å². The van der Waals surface area contributed by atoms with Crippen LogP contribution in [0.5, 0.6) is 0 Å². The molecule has 0 fully saturated rings. The summed E-state index contributed by atoms with van der Waals surface area (Å²) < 4.78 is 0. The molecule has 50 valence electrons. The van der Waals surface area contributed by atoms with Crippen LogP contribution in [0, 0.1) is 0 Å². The third kappa shape index (κ3) is 4.05. The first kappa shape index (κ1) is 7.88. The SMILES string of the molecule is CCONC(C)CO. The lowest BCUT2D eigenvalue weighted by molar-refractivity contribution is 0.0144. The van der Waals surface area contributed by atoms with Crippen LogP contribution in [-0.4, -0.2) is 24.4 Å². The van der Waals surface area contributed by atoms with E-state index in [0.29, 0.717) is 6.61 Å². The van der Waals surface area contributed by atoms with E-state index in [1.807, 2.05) is 13.8 Å². The molecule has 8 heavy (non-hydrogen) atoms. The molecule has 0 amide bonds. The van der Waals surface area contributed by atoms with Gasteiger partial charge in [0.15, 0.2) is 0 Å². The fourth-order valence-corrected chi connectivity index (χ4v) is 0.263. The average molecular weight is 119 g/mol. The van der Waals surface area contributed by atoms with Crippen molar-refractivity contribution in [1.29, 1.82) is 0 Å². The highest BCUT2D eigenvalue weighted by Crippen LogP contribution is 1.76. The molecule has 0 heterocycles. The first-order valence-electron chi connectivity index (χ1n) is 2.79. The lowest BCUT2D eigenvalue weighted by Crippen LogP contribution is -2.29. The van der Waals surface area contributed by atoms with Crippen molar-refractivity contribution in [2.24, 2.45) is 0 Å². The quantitative estimate of drug-likeness (QED) is 0.508. The van der Waals surface area contributed by atoms with Gasteiger partial charge in [0.05, 0.1) is 19.3 Å². The van der Waals surface area contributed by atoms with E-state index < -0.39 is 0 Å². The van der Waals surface area contributed by atoms with Crippen molar-refractivity contribution in [1.82, 2.24) is 5.48 Å². The summed E-state index contributed by atoms with van der Waals surface area (Å²) in [6, 6.07) is 0.0370. The molecule has 0 aliphatic carbocycles. The van der Waals surface area contributed by atoms with Crippen LogP contribution in [0.25, 0.3) is 0 Å². The van der Waals surface area contributed by atoms with Crippen molar-refractivity contribution in [3.05, 3.63) is 0 Å². The molecule has 0 rings (SSSR count). The highest BCUT2D eigenvalue weighted by atomic mass is 16.6. The van der Waals surface area contributed by atoms with Gasteiger partial charge in [0.2, 0.25) is 0 Å². The molecule has 0 aromatic rings. The summed E-state index contributed by atoms with van der Waals surface area (Å²) in [7, 11) is 0. The van der Waals surface area contributed by atoms with Crippen molar-refractivity contribution in [2.75, 3.05) is 13.2 Å². The molecule has 3 heteroatoms. The lowest BCUT2D eigenvalue weighted by atomic mass is 10.4. The van der Waals surface area contributed by atoms with Gasteiger partial charge in [0.25, 0.3) is 0 Å². The first-order chi connectivity index (χ1) is 3.81. The molecule has 0 aromatic carbocycles. The van der Waals surface area contributed by atoms with Gasteiger partial charge in [-0.05, 0) is 13.8 Å². The van der Waals surface area contributed by atoms with Crippen molar-refractivity contribution in [2.45, 2.75) is 19.9 Å². The third-order valence-electron chi connectivity index (χ3n) is 0.703. The summed E-state index contributed by atoms with van der Waals surface area (Å²) in [4.78, 5) is 4.78. The van der Waals surface area contributed by atoms with E-state index in [4.69, 9.17) is 9.94 Å². The minimum absolute atomic E-state index is 0.0370. The van der Waals surface area contributed by atoms with Crippen LogP contribution in [0.2, 0.25) is 0 Å². The van der Waals surface area contributed by atoms with Crippen molar-refractivity contribution in [3.63, 3.8) is 0 Å². The van der Waals surface area contributed by atoms with Crippen molar-refractivity contribution < 1.29 is 9.94 Å². The zero-order valence-corrected chi connectivity index (χ0v) is 5.35. The van der Waals surface area contributed by atoms with Gasteiger partial charge >= 0.3 is 0 Å². The summed E-state index contributed by atoms with van der Waals surface area (Å²) in [6.45, 7) is 4.47. The number of aliphatic hydroxyl groups excluding tert-OH is 1. The average Bonchev–Trinajstić information content (AvgIpc) is 1.83.